The van der Waals surface area contributed by atoms with E-state index in [-0.39, 0.29) is 18.2 Å². The first-order valence-corrected chi connectivity index (χ1v) is 7.08. The fraction of sp³-hybridized carbons (Fsp3) is 0.438. The van der Waals surface area contributed by atoms with E-state index < -0.39 is 5.97 Å². The van der Waals surface area contributed by atoms with Crippen LogP contribution in [-0.2, 0) is 9.53 Å². The average molecular weight is 273 g/mol. The van der Waals surface area contributed by atoms with E-state index in [9.17, 15) is 9.90 Å². The fourth-order valence-electron chi connectivity index (χ4n) is 3.09. The van der Waals surface area contributed by atoms with Crippen molar-refractivity contribution in [1.82, 2.24) is 5.32 Å². The van der Waals surface area contributed by atoms with Crippen LogP contribution in [0.4, 0.5) is 0 Å². The van der Waals surface area contributed by atoms with Gasteiger partial charge in [-0.3, -0.25) is 0 Å². The Hall–Kier alpha value is -1.81. The molecule has 0 spiro atoms. The zero-order valence-electron chi connectivity index (χ0n) is 11.5. The molecular formula is C16H19NO3. The van der Waals surface area contributed by atoms with Crippen LogP contribution in [0.1, 0.15) is 37.8 Å². The number of carboxylic acids is 1. The molecular weight excluding hydrogens is 254 g/mol. The van der Waals surface area contributed by atoms with Crippen LogP contribution in [0, 0.1) is 0 Å². The minimum Gasteiger partial charge on any atom is -0.478 e. The van der Waals surface area contributed by atoms with Gasteiger partial charge >= 0.3 is 5.97 Å². The van der Waals surface area contributed by atoms with Gasteiger partial charge in [-0.1, -0.05) is 30.3 Å². The summed E-state index contributed by atoms with van der Waals surface area (Å²) in [6.45, 7) is 2.05. The Kier molecular flexibility index (Phi) is 3.49. The zero-order chi connectivity index (χ0) is 14.1. The maximum Gasteiger partial charge on any atom is 0.335 e. The Bertz CT molecular complexity index is 538. The first-order chi connectivity index (χ1) is 9.65. The number of nitrogens with one attached hydrogen (secondary N) is 1. The van der Waals surface area contributed by atoms with Gasteiger partial charge in [0.25, 0.3) is 0 Å². The van der Waals surface area contributed by atoms with Crippen LogP contribution in [0.5, 0.6) is 0 Å². The number of hydrogen-bond acceptors (Lipinski definition) is 3. The SMILES string of the molecule is C[C@H](NC1=C(C(=O)O)C2CCC(C1)O2)c1ccccc1. The van der Waals surface area contributed by atoms with E-state index in [0.29, 0.717) is 12.0 Å². The number of ether oxygens (including phenoxy) is 1. The van der Waals surface area contributed by atoms with Crippen LogP contribution < -0.4 is 5.32 Å². The lowest BCUT2D eigenvalue weighted by atomic mass is 10.0. The molecule has 2 heterocycles. The molecule has 0 saturated carbocycles. The molecule has 1 fully saturated rings. The molecule has 0 aliphatic carbocycles. The number of aliphatic carboxylic acids is 1. The van der Waals surface area contributed by atoms with Gasteiger partial charge in [0.2, 0.25) is 0 Å². The molecule has 1 saturated heterocycles. The van der Waals surface area contributed by atoms with Crippen molar-refractivity contribution in [3.8, 4) is 0 Å². The van der Waals surface area contributed by atoms with E-state index in [1.807, 2.05) is 30.3 Å². The highest BCUT2D eigenvalue weighted by Crippen LogP contribution is 2.36. The summed E-state index contributed by atoms with van der Waals surface area (Å²) < 4.78 is 5.71. The van der Waals surface area contributed by atoms with Crippen LogP contribution in [0.15, 0.2) is 41.6 Å². The Labute approximate surface area is 118 Å². The molecule has 0 radical (unpaired) electrons. The molecule has 106 valence electrons. The summed E-state index contributed by atoms with van der Waals surface area (Å²) in [5.41, 5.74) is 2.41. The standard InChI is InChI=1S/C16H19NO3/c1-10(11-5-3-2-4-6-11)17-13-9-12-7-8-14(20-12)15(13)16(18)19/h2-6,10,12,14,17H,7-9H2,1H3,(H,18,19)/t10-,12?,14?/m0/s1. The van der Waals surface area contributed by atoms with E-state index in [4.69, 9.17) is 4.74 Å². The third-order valence-electron chi connectivity index (χ3n) is 4.11. The fourth-order valence-corrected chi connectivity index (χ4v) is 3.09. The number of fused-ring (bicyclic) bond motifs is 2. The molecule has 2 aliphatic rings. The molecule has 0 aromatic heterocycles. The molecule has 2 bridgehead atoms. The lowest BCUT2D eigenvalue weighted by molar-refractivity contribution is -0.134. The maximum absolute atomic E-state index is 11.5. The van der Waals surface area contributed by atoms with Crippen LogP contribution in [0.2, 0.25) is 0 Å². The van der Waals surface area contributed by atoms with Crippen molar-refractivity contribution in [3.63, 3.8) is 0 Å². The van der Waals surface area contributed by atoms with E-state index in [2.05, 4.69) is 12.2 Å². The molecule has 0 amide bonds. The van der Waals surface area contributed by atoms with Crippen molar-refractivity contribution in [3.05, 3.63) is 47.2 Å². The number of carbonyl (C=O) groups is 1. The molecule has 2 N–H and O–H groups in total. The number of carboxylic acid groups (broad SMARTS) is 1. The molecule has 20 heavy (non-hydrogen) atoms. The number of rotatable bonds is 4. The predicted molar refractivity (Wildman–Crippen MR) is 75.2 cm³/mol. The number of benzene rings is 1. The minimum atomic E-state index is -0.863. The molecule has 1 aromatic carbocycles. The lowest BCUT2D eigenvalue weighted by Crippen LogP contribution is -2.33. The summed E-state index contributed by atoms with van der Waals surface area (Å²) in [7, 11) is 0. The van der Waals surface area contributed by atoms with Gasteiger partial charge < -0.3 is 15.2 Å². The highest BCUT2D eigenvalue weighted by molar-refractivity contribution is 5.89. The second-order valence-electron chi connectivity index (χ2n) is 5.50. The molecule has 1 aromatic rings. The quantitative estimate of drug-likeness (QED) is 0.885. The lowest BCUT2D eigenvalue weighted by Gasteiger charge is -2.28. The summed E-state index contributed by atoms with van der Waals surface area (Å²) in [5.74, 6) is -0.863. The first-order valence-electron chi connectivity index (χ1n) is 7.08. The van der Waals surface area contributed by atoms with Gasteiger partial charge in [0, 0.05) is 18.2 Å². The maximum atomic E-state index is 11.5. The summed E-state index contributed by atoms with van der Waals surface area (Å²) in [4.78, 5) is 11.5. The van der Waals surface area contributed by atoms with Crippen LogP contribution in [-0.4, -0.2) is 23.3 Å². The second-order valence-corrected chi connectivity index (χ2v) is 5.50. The van der Waals surface area contributed by atoms with E-state index in [1.165, 1.54) is 0 Å². The molecule has 3 rings (SSSR count). The Morgan fingerprint density at radius 3 is 2.80 bits per heavy atom. The van der Waals surface area contributed by atoms with Crippen LogP contribution in [0.25, 0.3) is 0 Å². The monoisotopic (exact) mass is 273 g/mol. The van der Waals surface area contributed by atoms with E-state index in [0.717, 1.165) is 24.1 Å². The first kappa shape index (κ1) is 13.2. The van der Waals surface area contributed by atoms with Crippen LogP contribution in [0.3, 0.4) is 0 Å². The average Bonchev–Trinajstić information content (AvgIpc) is 2.81. The van der Waals surface area contributed by atoms with Gasteiger partial charge in [0.15, 0.2) is 0 Å². The van der Waals surface area contributed by atoms with Crippen molar-refractivity contribution < 1.29 is 14.6 Å². The Balaban J connectivity index is 1.84. The highest BCUT2D eigenvalue weighted by Gasteiger charge is 2.39. The van der Waals surface area contributed by atoms with Gasteiger partial charge in [-0.2, -0.15) is 0 Å². The van der Waals surface area contributed by atoms with E-state index in [1.54, 1.807) is 0 Å². The zero-order valence-corrected chi connectivity index (χ0v) is 11.5. The molecule has 2 unspecified atom stereocenters. The highest BCUT2D eigenvalue weighted by atomic mass is 16.5. The topological polar surface area (TPSA) is 58.6 Å². The summed E-state index contributed by atoms with van der Waals surface area (Å²) in [6.07, 6.45) is 2.38. The Morgan fingerprint density at radius 1 is 1.35 bits per heavy atom. The van der Waals surface area contributed by atoms with Crippen LogP contribution >= 0.6 is 0 Å². The molecule has 4 heteroatoms. The van der Waals surface area contributed by atoms with Crippen molar-refractivity contribution in [2.75, 3.05) is 0 Å². The number of hydrogen-bond donors (Lipinski definition) is 2. The smallest absolute Gasteiger partial charge is 0.335 e. The molecule has 2 aliphatic heterocycles. The molecule has 4 nitrogen and oxygen atoms in total. The summed E-state index contributed by atoms with van der Waals surface area (Å²) in [6, 6.07) is 10.2. The minimum absolute atomic E-state index is 0.0954. The molecule has 3 atom stereocenters. The third-order valence-corrected chi connectivity index (χ3v) is 4.11. The van der Waals surface area contributed by atoms with Gasteiger partial charge in [-0.05, 0) is 25.3 Å². The third kappa shape index (κ3) is 2.43. The largest absolute Gasteiger partial charge is 0.478 e. The Morgan fingerprint density at radius 2 is 2.10 bits per heavy atom. The van der Waals surface area contributed by atoms with Crippen molar-refractivity contribution in [2.24, 2.45) is 0 Å². The van der Waals surface area contributed by atoms with Gasteiger partial charge in [-0.25, -0.2) is 4.79 Å². The van der Waals surface area contributed by atoms with Crippen molar-refractivity contribution in [1.29, 1.82) is 0 Å². The van der Waals surface area contributed by atoms with Gasteiger partial charge in [0.05, 0.1) is 17.8 Å². The van der Waals surface area contributed by atoms with E-state index >= 15 is 0 Å². The normalized spacial score (nSPS) is 26.4. The summed E-state index contributed by atoms with van der Waals surface area (Å²) in [5, 5.41) is 12.8. The van der Waals surface area contributed by atoms with Crippen molar-refractivity contribution in [2.45, 2.75) is 44.4 Å². The second kappa shape index (κ2) is 5.29. The van der Waals surface area contributed by atoms with Crippen molar-refractivity contribution >= 4 is 5.97 Å². The van der Waals surface area contributed by atoms with Gasteiger partial charge in [0.1, 0.15) is 0 Å². The predicted octanol–water partition coefficient (Wildman–Crippen LogP) is 2.63. The van der Waals surface area contributed by atoms with Gasteiger partial charge in [-0.15, -0.1) is 0 Å². The summed E-state index contributed by atoms with van der Waals surface area (Å²) >= 11 is 0.